The van der Waals surface area contributed by atoms with Gasteiger partial charge in [0.25, 0.3) is 5.56 Å². The fourth-order valence-corrected chi connectivity index (χ4v) is 4.68. The van der Waals surface area contributed by atoms with E-state index in [4.69, 9.17) is 11.6 Å². The molecular formula is C21H14ClFN4O2. The topological polar surface area (TPSA) is 78.1 Å². The molecule has 0 unspecified atom stereocenters. The van der Waals surface area contributed by atoms with E-state index in [0.717, 1.165) is 35.5 Å². The second-order valence-corrected chi connectivity index (χ2v) is 8.08. The van der Waals surface area contributed by atoms with Gasteiger partial charge in [-0.05, 0) is 43.2 Å². The van der Waals surface area contributed by atoms with Crippen molar-refractivity contribution in [3.8, 4) is 11.1 Å². The number of hydrogen-bond acceptors (Lipinski definition) is 4. The molecule has 2 aromatic heterocycles. The van der Waals surface area contributed by atoms with Gasteiger partial charge in [-0.1, -0.05) is 11.6 Å². The molecule has 1 aromatic carbocycles. The number of anilines is 3. The number of H-pyrrole nitrogens is 1. The van der Waals surface area contributed by atoms with Crippen LogP contribution in [0.25, 0.3) is 11.1 Å². The summed E-state index contributed by atoms with van der Waals surface area (Å²) in [6.45, 7) is 0. The van der Waals surface area contributed by atoms with Gasteiger partial charge >= 0.3 is 0 Å². The number of benzene rings is 1. The lowest BCUT2D eigenvalue weighted by molar-refractivity contribution is -0.115. The highest BCUT2D eigenvalue weighted by Crippen LogP contribution is 2.65. The number of carbonyl (C=O) groups is 1. The highest BCUT2D eigenvalue weighted by atomic mass is 35.5. The Kier molecular flexibility index (Phi) is 3.14. The zero-order valence-corrected chi connectivity index (χ0v) is 15.8. The molecule has 8 heteroatoms. The Balaban J connectivity index is 1.54. The van der Waals surface area contributed by atoms with Gasteiger partial charge in [-0.15, -0.1) is 0 Å². The Morgan fingerprint density at radius 1 is 1.10 bits per heavy atom. The SMILES string of the molecule is O=C1Cc2c(N3c4cc(-c5cc(Cl)ccc5F)c(=O)[nH]c4C34CC4)ccnc2N1. The van der Waals surface area contributed by atoms with Crippen molar-refractivity contribution in [2.45, 2.75) is 24.8 Å². The molecule has 29 heavy (non-hydrogen) atoms. The van der Waals surface area contributed by atoms with Gasteiger partial charge in [0.1, 0.15) is 11.6 Å². The lowest BCUT2D eigenvalue weighted by atomic mass is 9.91. The Labute approximate surface area is 169 Å². The van der Waals surface area contributed by atoms with E-state index in [2.05, 4.69) is 20.2 Å². The molecule has 0 saturated heterocycles. The highest BCUT2D eigenvalue weighted by Gasteiger charge is 2.61. The van der Waals surface area contributed by atoms with Crippen LogP contribution in [0.1, 0.15) is 24.1 Å². The molecule has 1 amide bonds. The maximum absolute atomic E-state index is 14.4. The van der Waals surface area contributed by atoms with Crippen molar-refractivity contribution in [1.82, 2.24) is 9.97 Å². The average Bonchev–Trinajstić information content (AvgIpc) is 3.42. The van der Waals surface area contributed by atoms with Crippen LogP contribution in [-0.4, -0.2) is 15.9 Å². The summed E-state index contributed by atoms with van der Waals surface area (Å²) in [7, 11) is 0. The van der Waals surface area contributed by atoms with E-state index in [1.54, 1.807) is 12.3 Å². The molecule has 3 aliphatic rings. The van der Waals surface area contributed by atoms with E-state index in [-0.39, 0.29) is 34.6 Å². The minimum atomic E-state index is -0.508. The Hall–Kier alpha value is -3.19. The van der Waals surface area contributed by atoms with Crippen molar-refractivity contribution in [2.75, 3.05) is 10.2 Å². The number of hydrogen-bond donors (Lipinski definition) is 2. The van der Waals surface area contributed by atoms with Gasteiger partial charge < -0.3 is 15.2 Å². The summed E-state index contributed by atoms with van der Waals surface area (Å²) in [6.07, 6.45) is 3.73. The van der Waals surface area contributed by atoms with Gasteiger partial charge in [-0.2, -0.15) is 0 Å². The number of amides is 1. The van der Waals surface area contributed by atoms with Crippen LogP contribution in [0.15, 0.2) is 41.3 Å². The fraction of sp³-hybridized carbons (Fsp3) is 0.190. The molecule has 6 rings (SSSR count). The third-order valence-corrected chi connectivity index (χ3v) is 6.20. The first-order valence-electron chi connectivity index (χ1n) is 9.29. The van der Waals surface area contributed by atoms with Crippen molar-refractivity contribution in [1.29, 1.82) is 0 Å². The van der Waals surface area contributed by atoms with Gasteiger partial charge in [0.05, 0.1) is 34.6 Å². The van der Waals surface area contributed by atoms with Crippen LogP contribution in [0.3, 0.4) is 0 Å². The Bertz CT molecular complexity index is 1300. The predicted molar refractivity (Wildman–Crippen MR) is 107 cm³/mol. The molecule has 1 aliphatic carbocycles. The lowest BCUT2D eigenvalue weighted by Crippen LogP contribution is -2.44. The van der Waals surface area contributed by atoms with Crippen molar-refractivity contribution < 1.29 is 9.18 Å². The molecule has 1 fully saturated rings. The van der Waals surface area contributed by atoms with Gasteiger partial charge in [0, 0.05) is 22.3 Å². The number of rotatable bonds is 2. The second kappa shape index (κ2) is 5.45. The quantitative estimate of drug-likeness (QED) is 0.674. The predicted octanol–water partition coefficient (Wildman–Crippen LogP) is 3.86. The molecule has 0 radical (unpaired) electrons. The Morgan fingerprint density at radius 2 is 1.93 bits per heavy atom. The molecule has 2 aliphatic heterocycles. The van der Waals surface area contributed by atoms with Crippen LogP contribution in [0.4, 0.5) is 21.6 Å². The maximum Gasteiger partial charge on any atom is 0.256 e. The molecule has 144 valence electrons. The molecule has 0 bridgehead atoms. The molecular weight excluding hydrogens is 395 g/mol. The summed E-state index contributed by atoms with van der Waals surface area (Å²) < 4.78 is 14.4. The van der Waals surface area contributed by atoms with Crippen LogP contribution in [0.5, 0.6) is 0 Å². The number of carbonyl (C=O) groups excluding carboxylic acids is 1. The van der Waals surface area contributed by atoms with Gasteiger partial charge in [-0.3, -0.25) is 9.59 Å². The number of nitrogens with one attached hydrogen (secondary N) is 2. The minimum absolute atomic E-state index is 0.0892. The molecule has 6 nitrogen and oxygen atoms in total. The number of nitrogens with zero attached hydrogens (tertiary/aromatic N) is 2. The normalized spacial score (nSPS) is 17.6. The standard InChI is InChI=1S/C21H14ClFN4O2/c22-10-1-2-14(23)11(7-10)12-8-16-18(26-20(12)29)21(4-5-21)27(16)15-3-6-24-19-13(15)9-17(28)25-19/h1-3,6-8H,4-5,9H2,(H,26,29)(H,24,25,28). The number of aromatic amines is 1. The third kappa shape index (κ3) is 2.19. The zero-order chi connectivity index (χ0) is 19.9. The maximum atomic E-state index is 14.4. The van der Waals surface area contributed by atoms with E-state index in [9.17, 15) is 14.0 Å². The van der Waals surface area contributed by atoms with Crippen LogP contribution < -0.4 is 15.8 Å². The van der Waals surface area contributed by atoms with Gasteiger partial charge in [0.15, 0.2) is 0 Å². The molecule has 2 N–H and O–H groups in total. The monoisotopic (exact) mass is 408 g/mol. The number of pyridine rings is 2. The summed E-state index contributed by atoms with van der Waals surface area (Å²) >= 11 is 6.03. The average molecular weight is 409 g/mol. The zero-order valence-electron chi connectivity index (χ0n) is 15.1. The van der Waals surface area contributed by atoms with Crippen molar-refractivity contribution in [3.63, 3.8) is 0 Å². The van der Waals surface area contributed by atoms with Gasteiger partial charge in [-0.25, -0.2) is 9.37 Å². The largest absolute Gasteiger partial charge is 0.328 e. The molecule has 1 saturated carbocycles. The second-order valence-electron chi connectivity index (χ2n) is 7.65. The van der Waals surface area contributed by atoms with E-state index >= 15 is 0 Å². The molecule has 1 spiro atoms. The highest BCUT2D eigenvalue weighted by molar-refractivity contribution is 6.30. The summed E-state index contributed by atoms with van der Waals surface area (Å²) in [5.41, 5.74) is 3.19. The summed E-state index contributed by atoms with van der Waals surface area (Å²) in [5.74, 6) is -0.0255. The molecule has 0 atom stereocenters. The first kappa shape index (κ1) is 16.7. The first-order valence-corrected chi connectivity index (χ1v) is 9.67. The summed E-state index contributed by atoms with van der Waals surface area (Å²) in [6, 6.07) is 7.75. The van der Waals surface area contributed by atoms with Crippen molar-refractivity contribution in [3.05, 3.63) is 69.0 Å². The molecule has 3 aromatic rings. The first-order chi connectivity index (χ1) is 14.0. The lowest BCUT2D eigenvalue weighted by Gasteiger charge is -2.45. The van der Waals surface area contributed by atoms with Crippen molar-refractivity contribution >= 4 is 34.7 Å². The third-order valence-electron chi connectivity index (χ3n) is 5.96. The Morgan fingerprint density at radius 3 is 2.72 bits per heavy atom. The summed E-state index contributed by atoms with van der Waals surface area (Å²) in [4.78, 5) is 34.0. The molecule has 4 heterocycles. The van der Waals surface area contributed by atoms with Crippen molar-refractivity contribution in [2.24, 2.45) is 0 Å². The van der Waals surface area contributed by atoms with Gasteiger partial charge in [0.2, 0.25) is 5.91 Å². The van der Waals surface area contributed by atoms with Crippen LogP contribution >= 0.6 is 11.6 Å². The number of fused-ring (bicyclic) bond motifs is 3. The van der Waals surface area contributed by atoms with Crippen LogP contribution in [0.2, 0.25) is 5.02 Å². The van der Waals surface area contributed by atoms with E-state index in [0.29, 0.717) is 10.8 Å². The van der Waals surface area contributed by atoms with Crippen LogP contribution in [-0.2, 0) is 16.8 Å². The van der Waals surface area contributed by atoms with E-state index in [1.807, 2.05) is 6.07 Å². The smallest absolute Gasteiger partial charge is 0.256 e. The number of aromatic nitrogens is 2. The summed E-state index contributed by atoms with van der Waals surface area (Å²) in [5, 5.41) is 3.13. The van der Waals surface area contributed by atoms with E-state index in [1.165, 1.54) is 18.2 Å². The minimum Gasteiger partial charge on any atom is -0.328 e. The number of halogens is 2. The fourth-order valence-electron chi connectivity index (χ4n) is 4.51. The van der Waals surface area contributed by atoms with E-state index < -0.39 is 5.82 Å². The van der Waals surface area contributed by atoms with Crippen LogP contribution in [0, 0.1) is 5.82 Å².